The lowest BCUT2D eigenvalue weighted by molar-refractivity contribution is 0.145. The van der Waals surface area contributed by atoms with Crippen molar-refractivity contribution in [3.63, 3.8) is 0 Å². The number of hydrogen-bond acceptors (Lipinski definition) is 3. The number of aliphatic hydroxyl groups excluding tert-OH is 1. The average molecular weight is 294 g/mol. The van der Waals surface area contributed by atoms with Gasteiger partial charge in [0.1, 0.15) is 5.82 Å². The van der Waals surface area contributed by atoms with E-state index in [1.165, 1.54) is 0 Å². The Morgan fingerprint density at radius 1 is 1.29 bits per heavy atom. The van der Waals surface area contributed by atoms with Crippen molar-refractivity contribution < 1.29 is 9.50 Å². The van der Waals surface area contributed by atoms with Crippen LogP contribution in [0.25, 0.3) is 0 Å². The molecule has 1 aromatic rings. The van der Waals surface area contributed by atoms with Crippen molar-refractivity contribution in [3.8, 4) is 0 Å². The van der Waals surface area contributed by atoms with Gasteiger partial charge in [-0.3, -0.25) is 0 Å². The summed E-state index contributed by atoms with van der Waals surface area (Å²) in [5.41, 5.74) is 1.63. The van der Waals surface area contributed by atoms with Crippen molar-refractivity contribution in [3.05, 3.63) is 29.6 Å². The summed E-state index contributed by atoms with van der Waals surface area (Å²) in [7, 11) is 0. The first-order valence-corrected chi connectivity index (χ1v) is 7.92. The molecule has 3 nitrogen and oxygen atoms in total. The summed E-state index contributed by atoms with van der Waals surface area (Å²) in [6.07, 6.45) is 1.20. The minimum absolute atomic E-state index is 0.164. The Bertz CT molecular complexity index is 456. The molecule has 2 N–H and O–H groups in total. The first kappa shape index (κ1) is 16.2. The van der Waals surface area contributed by atoms with E-state index >= 15 is 0 Å². The maximum atomic E-state index is 14.3. The van der Waals surface area contributed by atoms with Crippen molar-refractivity contribution in [1.29, 1.82) is 0 Å². The second-order valence-corrected chi connectivity index (χ2v) is 6.42. The maximum absolute atomic E-state index is 14.3. The van der Waals surface area contributed by atoms with Gasteiger partial charge in [-0.1, -0.05) is 19.9 Å². The van der Waals surface area contributed by atoms with Gasteiger partial charge in [0.2, 0.25) is 0 Å². The molecule has 0 aliphatic carbocycles. The number of nitrogens with one attached hydrogen (secondary N) is 1. The fourth-order valence-corrected chi connectivity index (χ4v) is 2.54. The number of rotatable bonds is 5. The van der Waals surface area contributed by atoms with Gasteiger partial charge in [0.15, 0.2) is 0 Å². The van der Waals surface area contributed by atoms with E-state index < -0.39 is 0 Å². The number of hydrogen-bond donors (Lipinski definition) is 2. The van der Waals surface area contributed by atoms with Gasteiger partial charge in [0.25, 0.3) is 0 Å². The van der Waals surface area contributed by atoms with E-state index in [1.54, 1.807) is 6.07 Å². The number of aliphatic hydroxyl groups is 1. The lowest BCUT2D eigenvalue weighted by Crippen LogP contribution is -2.36. The molecule has 0 aromatic heterocycles. The molecule has 0 saturated carbocycles. The Balaban J connectivity index is 1.97. The summed E-state index contributed by atoms with van der Waals surface area (Å²) in [6.45, 7) is 8.63. The Morgan fingerprint density at radius 3 is 2.52 bits per heavy atom. The number of benzene rings is 1. The molecule has 2 rings (SSSR count). The van der Waals surface area contributed by atoms with E-state index in [0.29, 0.717) is 37.0 Å². The van der Waals surface area contributed by atoms with Gasteiger partial charge in [-0.2, -0.15) is 0 Å². The topological polar surface area (TPSA) is 35.5 Å². The predicted octanol–water partition coefficient (Wildman–Crippen LogP) is 2.92. The first-order chi connectivity index (χ1) is 9.97. The van der Waals surface area contributed by atoms with Gasteiger partial charge in [-0.15, -0.1) is 0 Å². The molecule has 118 valence electrons. The normalized spacial score (nSPS) is 18.3. The average Bonchev–Trinajstić information content (AvgIpc) is 2.46. The van der Waals surface area contributed by atoms with Gasteiger partial charge in [-0.25, -0.2) is 4.39 Å². The number of piperidine rings is 1. The minimum Gasteiger partial charge on any atom is -0.393 e. The molecular weight excluding hydrogens is 267 g/mol. The molecule has 1 unspecified atom stereocenters. The molecular formula is C17H27FN2O. The van der Waals surface area contributed by atoms with Gasteiger partial charge >= 0.3 is 0 Å². The smallest absolute Gasteiger partial charge is 0.146 e. The Kier molecular flexibility index (Phi) is 5.59. The standard InChI is InChI=1S/C17H27FN2O/c1-12(2)13(3)19-11-14-4-5-17(16(18)10-14)20-8-6-15(21)7-9-20/h4-5,10,12-13,15,19,21H,6-9,11H2,1-3H3. The van der Waals surface area contributed by atoms with Crippen LogP contribution >= 0.6 is 0 Å². The summed E-state index contributed by atoms with van der Waals surface area (Å²) >= 11 is 0. The van der Waals surface area contributed by atoms with Crippen LogP contribution < -0.4 is 10.2 Å². The predicted molar refractivity (Wildman–Crippen MR) is 85.0 cm³/mol. The molecule has 1 heterocycles. The van der Waals surface area contributed by atoms with Crippen LogP contribution in [-0.2, 0) is 6.54 Å². The molecule has 1 aromatic carbocycles. The third-order valence-corrected chi connectivity index (χ3v) is 4.45. The lowest BCUT2D eigenvalue weighted by atomic mass is 10.1. The van der Waals surface area contributed by atoms with Crippen molar-refractivity contribution in [1.82, 2.24) is 5.32 Å². The van der Waals surface area contributed by atoms with Gasteiger partial charge in [0.05, 0.1) is 11.8 Å². The van der Waals surface area contributed by atoms with Crippen LogP contribution in [0.1, 0.15) is 39.2 Å². The molecule has 0 amide bonds. The number of anilines is 1. The maximum Gasteiger partial charge on any atom is 0.146 e. The van der Waals surface area contributed by atoms with Crippen LogP contribution in [0.5, 0.6) is 0 Å². The van der Waals surface area contributed by atoms with Crippen LogP contribution in [0.2, 0.25) is 0 Å². The summed E-state index contributed by atoms with van der Waals surface area (Å²) in [6, 6.07) is 5.89. The molecule has 21 heavy (non-hydrogen) atoms. The molecule has 4 heteroatoms. The zero-order chi connectivity index (χ0) is 15.4. The second-order valence-electron chi connectivity index (χ2n) is 6.42. The van der Waals surface area contributed by atoms with Crippen molar-refractivity contribution in [2.45, 2.75) is 52.3 Å². The van der Waals surface area contributed by atoms with Crippen LogP contribution in [0.4, 0.5) is 10.1 Å². The van der Waals surface area contributed by atoms with Crippen LogP contribution in [0, 0.1) is 11.7 Å². The van der Waals surface area contributed by atoms with E-state index in [-0.39, 0.29) is 11.9 Å². The Hall–Kier alpha value is -1.13. The molecule has 0 spiro atoms. The van der Waals surface area contributed by atoms with E-state index in [1.807, 2.05) is 17.0 Å². The van der Waals surface area contributed by atoms with Gasteiger partial charge in [-0.05, 0) is 43.4 Å². The van der Waals surface area contributed by atoms with Crippen LogP contribution in [0.15, 0.2) is 18.2 Å². The van der Waals surface area contributed by atoms with Crippen molar-refractivity contribution in [2.75, 3.05) is 18.0 Å². The largest absolute Gasteiger partial charge is 0.393 e. The SMILES string of the molecule is CC(C)C(C)NCc1ccc(N2CCC(O)CC2)c(F)c1. The highest BCUT2D eigenvalue weighted by molar-refractivity contribution is 5.49. The number of nitrogens with zero attached hydrogens (tertiary/aromatic N) is 1. The fraction of sp³-hybridized carbons (Fsp3) is 0.647. The van der Waals surface area contributed by atoms with E-state index in [4.69, 9.17) is 0 Å². The molecule has 0 radical (unpaired) electrons. The highest BCUT2D eigenvalue weighted by Crippen LogP contribution is 2.24. The van der Waals surface area contributed by atoms with Crippen LogP contribution in [0.3, 0.4) is 0 Å². The highest BCUT2D eigenvalue weighted by atomic mass is 19.1. The molecule has 1 atom stereocenters. The van der Waals surface area contributed by atoms with Crippen molar-refractivity contribution >= 4 is 5.69 Å². The molecule has 1 saturated heterocycles. The van der Waals surface area contributed by atoms with E-state index in [2.05, 4.69) is 26.1 Å². The summed E-state index contributed by atoms with van der Waals surface area (Å²) in [5.74, 6) is 0.400. The lowest BCUT2D eigenvalue weighted by Gasteiger charge is -2.31. The highest BCUT2D eigenvalue weighted by Gasteiger charge is 2.19. The summed E-state index contributed by atoms with van der Waals surface area (Å²) in [5, 5.41) is 12.9. The fourth-order valence-electron chi connectivity index (χ4n) is 2.54. The number of halogens is 1. The van der Waals surface area contributed by atoms with Crippen LogP contribution in [-0.4, -0.2) is 30.3 Å². The minimum atomic E-state index is -0.231. The molecule has 1 aliphatic heterocycles. The second kappa shape index (κ2) is 7.23. The Morgan fingerprint density at radius 2 is 1.95 bits per heavy atom. The molecule has 1 fully saturated rings. The summed E-state index contributed by atoms with van der Waals surface area (Å²) in [4.78, 5) is 2.02. The monoisotopic (exact) mass is 294 g/mol. The zero-order valence-electron chi connectivity index (χ0n) is 13.3. The van der Waals surface area contributed by atoms with Gasteiger partial charge < -0.3 is 15.3 Å². The van der Waals surface area contributed by atoms with E-state index in [9.17, 15) is 9.50 Å². The Labute approximate surface area is 127 Å². The zero-order valence-corrected chi connectivity index (χ0v) is 13.3. The molecule has 0 bridgehead atoms. The first-order valence-electron chi connectivity index (χ1n) is 7.92. The quantitative estimate of drug-likeness (QED) is 0.876. The molecule has 1 aliphatic rings. The third kappa shape index (κ3) is 4.42. The van der Waals surface area contributed by atoms with E-state index in [0.717, 1.165) is 18.7 Å². The third-order valence-electron chi connectivity index (χ3n) is 4.45. The summed E-state index contributed by atoms with van der Waals surface area (Å²) < 4.78 is 14.3. The van der Waals surface area contributed by atoms with Crippen molar-refractivity contribution in [2.24, 2.45) is 5.92 Å². The van der Waals surface area contributed by atoms with Gasteiger partial charge in [0, 0.05) is 25.7 Å².